The lowest BCUT2D eigenvalue weighted by molar-refractivity contribution is 0.138. The zero-order valence-corrected chi connectivity index (χ0v) is 16.3. The van der Waals surface area contributed by atoms with Crippen LogP contribution in [0.4, 0.5) is 0 Å². The molecule has 0 atom stereocenters. The molecule has 0 aromatic heterocycles. The van der Waals surface area contributed by atoms with Crippen LogP contribution in [0.25, 0.3) is 0 Å². The second-order valence-electron chi connectivity index (χ2n) is 7.66. The second kappa shape index (κ2) is 6.51. The summed E-state index contributed by atoms with van der Waals surface area (Å²) in [5.74, 6) is 1.45. The maximum absolute atomic E-state index is 9.12. The van der Waals surface area contributed by atoms with Crippen LogP contribution in [0, 0.1) is 41.5 Å². The summed E-state index contributed by atoms with van der Waals surface area (Å²) in [5.41, 5.74) is 9.09. The first-order chi connectivity index (χ1) is 11.0. The van der Waals surface area contributed by atoms with Crippen molar-refractivity contribution in [3.05, 3.63) is 57.1 Å². The quantitative estimate of drug-likeness (QED) is 0.678. The molecule has 2 aromatic carbocycles. The third-order valence-electron chi connectivity index (χ3n) is 5.15. The van der Waals surface area contributed by atoms with Crippen LogP contribution in [-0.2, 0) is 6.42 Å². The zero-order chi connectivity index (χ0) is 18.2. The topological polar surface area (TPSA) is 29.5 Å². The van der Waals surface area contributed by atoms with Crippen molar-refractivity contribution in [2.24, 2.45) is 0 Å². The number of aromatic hydroxyl groups is 1. The first-order valence-corrected chi connectivity index (χ1v) is 8.57. The highest BCUT2D eigenvalue weighted by Crippen LogP contribution is 2.39. The maximum Gasteiger partial charge on any atom is 0.124 e. The fourth-order valence-electron chi connectivity index (χ4n) is 3.18. The number of rotatable bonds is 0. The van der Waals surface area contributed by atoms with Gasteiger partial charge in [0.2, 0.25) is 0 Å². The van der Waals surface area contributed by atoms with Gasteiger partial charge in [-0.25, -0.2) is 0 Å². The molecule has 0 saturated carbocycles. The number of hydrogen-bond donors (Lipinski definition) is 1. The minimum Gasteiger partial charge on any atom is -0.508 e. The van der Waals surface area contributed by atoms with Gasteiger partial charge in [-0.15, -0.1) is 0 Å². The van der Waals surface area contributed by atoms with Crippen LogP contribution in [0.5, 0.6) is 11.5 Å². The summed E-state index contributed by atoms with van der Waals surface area (Å²) in [6.45, 7) is 16.9. The second-order valence-corrected chi connectivity index (χ2v) is 7.66. The van der Waals surface area contributed by atoms with E-state index < -0.39 is 0 Å². The van der Waals surface area contributed by atoms with Gasteiger partial charge in [0.1, 0.15) is 17.1 Å². The van der Waals surface area contributed by atoms with E-state index in [0.717, 1.165) is 23.3 Å². The van der Waals surface area contributed by atoms with E-state index in [1.807, 2.05) is 13.8 Å². The van der Waals surface area contributed by atoms with Crippen LogP contribution in [0.3, 0.4) is 0 Å². The number of fused-ring (bicyclic) bond motifs is 1. The molecule has 1 aliphatic rings. The van der Waals surface area contributed by atoms with E-state index in [4.69, 9.17) is 9.84 Å². The standard InChI is InChI=1S/C13H18O.C9H12O/c1-8-6-12-11(10(3)9(8)2)7-13(4,5)14-12;1-6-4-9(10)5-7(2)8(6)3/h6H,7H2,1-5H3;4-5,10H,1-3H3. The molecule has 1 N–H and O–H groups in total. The molecule has 0 spiro atoms. The van der Waals surface area contributed by atoms with Crippen molar-refractivity contribution in [3.63, 3.8) is 0 Å². The Kier molecular flexibility index (Phi) is 4.98. The van der Waals surface area contributed by atoms with Gasteiger partial charge < -0.3 is 9.84 Å². The molecule has 130 valence electrons. The molecule has 0 aliphatic carbocycles. The van der Waals surface area contributed by atoms with E-state index in [1.54, 1.807) is 12.1 Å². The van der Waals surface area contributed by atoms with Gasteiger partial charge >= 0.3 is 0 Å². The van der Waals surface area contributed by atoms with E-state index >= 15 is 0 Å². The highest BCUT2D eigenvalue weighted by Gasteiger charge is 2.31. The molecule has 0 unspecified atom stereocenters. The molecule has 0 bridgehead atoms. The molecular formula is C22H30O2. The molecule has 2 heteroatoms. The number of phenolic OH excluding ortho intramolecular Hbond substituents is 1. The molecule has 2 aromatic rings. The Bertz CT molecular complexity index is 747. The number of hydrogen-bond acceptors (Lipinski definition) is 2. The van der Waals surface area contributed by atoms with E-state index in [9.17, 15) is 0 Å². The van der Waals surface area contributed by atoms with Crippen LogP contribution < -0.4 is 4.74 Å². The van der Waals surface area contributed by atoms with Gasteiger partial charge in [0.25, 0.3) is 0 Å². The van der Waals surface area contributed by atoms with Crippen LogP contribution in [0.15, 0.2) is 18.2 Å². The molecule has 0 amide bonds. The van der Waals surface area contributed by atoms with Gasteiger partial charge in [-0.2, -0.15) is 0 Å². The Morgan fingerprint density at radius 2 is 1.29 bits per heavy atom. The Hall–Kier alpha value is -1.96. The number of aryl methyl sites for hydroxylation is 3. The highest BCUT2D eigenvalue weighted by molar-refractivity contribution is 5.51. The largest absolute Gasteiger partial charge is 0.508 e. The average molecular weight is 326 g/mol. The molecule has 0 saturated heterocycles. The first-order valence-electron chi connectivity index (χ1n) is 8.57. The molecular weight excluding hydrogens is 296 g/mol. The normalized spacial score (nSPS) is 14.5. The third kappa shape index (κ3) is 3.75. The molecule has 0 fully saturated rings. The Morgan fingerprint density at radius 3 is 1.83 bits per heavy atom. The number of phenols is 1. The molecule has 3 rings (SSSR count). The van der Waals surface area contributed by atoms with Crippen molar-refractivity contribution in [1.29, 1.82) is 0 Å². The predicted molar refractivity (Wildman–Crippen MR) is 101 cm³/mol. The van der Waals surface area contributed by atoms with Gasteiger partial charge in [0, 0.05) is 12.0 Å². The van der Waals surface area contributed by atoms with E-state index in [0.29, 0.717) is 5.75 Å². The summed E-state index contributed by atoms with van der Waals surface area (Å²) in [5, 5.41) is 9.12. The predicted octanol–water partition coefficient (Wildman–Crippen LogP) is 5.64. The number of benzene rings is 2. The lowest BCUT2D eigenvalue weighted by atomic mass is 9.93. The highest BCUT2D eigenvalue weighted by atomic mass is 16.5. The molecule has 1 heterocycles. The van der Waals surface area contributed by atoms with Crippen LogP contribution in [0.1, 0.15) is 52.8 Å². The van der Waals surface area contributed by atoms with Gasteiger partial charge in [0.05, 0.1) is 0 Å². The van der Waals surface area contributed by atoms with Crippen LogP contribution >= 0.6 is 0 Å². The molecule has 1 aliphatic heterocycles. The van der Waals surface area contributed by atoms with Crippen molar-refractivity contribution in [1.82, 2.24) is 0 Å². The van der Waals surface area contributed by atoms with E-state index in [2.05, 4.69) is 47.6 Å². The van der Waals surface area contributed by atoms with Crippen molar-refractivity contribution < 1.29 is 9.84 Å². The lowest BCUT2D eigenvalue weighted by Gasteiger charge is -2.16. The lowest BCUT2D eigenvalue weighted by Crippen LogP contribution is -2.24. The van der Waals surface area contributed by atoms with Crippen LogP contribution in [-0.4, -0.2) is 10.7 Å². The summed E-state index contributed by atoms with van der Waals surface area (Å²) in [7, 11) is 0. The van der Waals surface area contributed by atoms with Crippen molar-refractivity contribution >= 4 is 0 Å². The fourth-order valence-corrected chi connectivity index (χ4v) is 3.18. The summed E-state index contributed by atoms with van der Waals surface area (Å²) in [4.78, 5) is 0. The van der Waals surface area contributed by atoms with Crippen LogP contribution in [0.2, 0.25) is 0 Å². The van der Waals surface area contributed by atoms with E-state index in [-0.39, 0.29) is 5.60 Å². The maximum atomic E-state index is 9.12. The first kappa shape index (κ1) is 18.4. The van der Waals surface area contributed by atoms with Gasteiger partial charge in [-0.05, 0) is 107 Å². The molecule has 0 radical (unpaired) electrons. The average Bonchev–Trinajstić information content (AvgIpc) is 2.77. The number of ether oxygens (including phenoxy) is 1. The van der Waals surface area contributed by atoms with Gasteiger partial charge in [-0.3, -0.25) is 0 Å². The Morgan fingerprint density at radius 1 is 0.792 bits per heavy atom. The van der Waals surface area contributed by atoms with Gasteiger partial charge in [0.15, 0.2) is 0 Å². The zero-order valence-electron chi connectivity index (χ0n) is 16.3. The van der Waals surface area contributed by atoms with Crippen molar-refractivity contribution in [2.75, 3.05) is 0 Å². The SMILES string of the molecule is Cc1cc(O)cc(C)c1C.Cc1cc2c(c(C)c1C)CC(C)(C)O2. The van der Waals surface area contributed by atoms with E-state index in [1.165, 1.54) is 27.8 Å². The minimum absolute atomic E-state index is 0.0205. The van der Waals surface area contributed by atoms with Crippen molar-refractivity contribution in [3.8, 4) is 11.5 Å². The molecule has 24 heavy (non-hydrogen) atoms. The summed E-state index contributed by atoms with van der Waals surface area (Å²) in [6, 6.07) is 5.73. The Labute approximate surface area is 146 Å². The smallest absolute Gasteiger partial charge is 0.124 e. The summed E-state index contributed by atoms with van der Waals surface area (Å²) >= 11 is 0. The monoisotopic (exact) mass is 326 g/mol. The molecule has 2 nitrogen and oxygen atoms in total. The summed E-state index contributed by atoms with van der Waals surface area (Å²) < 4.78 is 5.91. The summed E-state index contributed by atoms with van der Waals surface area (Å²) in [6.07, 6.45) is 1.04. The third-order valence-corrected chi connectivity index (χ3v) is 5.15. The van der Waals surface area contributed by atoms with Gasteiger partial charge in [-0.1, -0.05) is 0 Å². The van der Waals surface area contributed by atoms with Crippen molar-refractivity contribution in [2.45, 2.75) is 67.4 Å². The fraction of sp³-hybridized carbons (Fsp3) is 0.455. The minimum atomic E-state index is -0.0205. The Balaban J connectivity index is 0.000000185.